The molecule has 2 aromatic rings. The van der Waals surface area contributed by atoms with E-state index in [1.54, 1.807) is 0 Å². The van der Waals surface area contributed by atoms with Gasteiger partial charge in [0.1, 0.15) is 0 Å². The van der Waals surface area contributed by atoms with Crippen LogP contribution in [-0.4, -0.2) is 4.98 Å². The summed E-state index contributed by atoms with van der Waals surface area (Å²) in [6.45, 7) is 6.30. The van der Waals surface area contributed by atoms with E-state index in [4.69, 9.17) is 5.84 Å². The van der Waals surface area contributed by atoms with Crippen LogP contribution in [0.4, 0.5) is 0 Å². The van der Waals surface area contributed by atoms with Crippen molar-refractivity contribution in [1.29, 1.82) is 0 Å². The Hall–Kier alpha value is -1.71. The average molecular weight is 255 g/mol. The van der Waals surface area contributed by atoms with Crippen LogP contribution in [0, 0.1) is 20.8 Å². The summed E-state index contributed by atoms with van der Waals surface area (Å²) < 4.78 is 0. The molecule has 0 spiro atoms. The first-order valence-electron chi connectivity index (χ1n) is 6.55. The maximum Gasteiger partial charge on any atom is 0.0675 e. The van der Waals surface area contributed by atoms with E-state index in [9.17, 15) is 0 Å². The van der Waals surface area contributed by atoms with Gasteiger partial charge in [-0.2, -0.15) is 0 Å². The van der Waals surface area contributed by atoms with Crippen molar-refractivity contribution in [2.24, 2.45) is 5.84 Å². The average Bonchev–Trinajstić information content (AvgIpc) is 2.36. The molecule has 2 rings (SSSR count). The molecule has 1 aromatic carbocycles. The third-order valence-corrected chi connectivity index (χ3v) is 3.30. The van der Waals surface area contributed by atoms with Gasteiger partial charge < -0.3 is 0 Å². The van der Waals surface area contributed by atoms with Gasteiger partial charge in [0.25, 0.3) is 0 Å². The molecular weight excluding hydrogens is 234 g/mol. The molecule has 3 N–H and O–H groups in total. The summed E-state index contributed by atoms with van der Waals surface area (Å²) in [7, 11) is 0. The van der Waals surface area contributed by atoms with Crippen LogP contribution >= 0.6 is 0 Å². The zero-order valence-electron chi connectivity index (χ0n) is 11.8. The number of rotatable bonds is 4. The highest BCUT2D eigenvalue weighted by atomic mass is 15.2. The Kier molecular flexibility index (Phi) is 4.30. The quantitative estimate of drug-likeness (QED) is 0.652. The van der Waals surface area contributed by atoms with Crippen molar-refractivity contribution in [2.45, 2.75) is 33.2 Å². The Balaban J connectivity index is 2.26. The molecule has 0 aliphatic carbocycles. The lowest BCUT2D eigenvalue weighted by Gasteiger charge is -2.18. The van der Waals surface area contributed by atoms with Crippen molar-refractivity contribution in [3.8, 4) is 0 Å². The van der Waals surface area contributed by atoms with E-state index in [2.05, 4.69) is 55.4 Å². The lowest BCUT2D eigenvalue weighted by atomic mass is 9.98. The summed E-state index contributed by atoms with van der Waals surface area (Å²) in [6.07, 6.45) is 2.66. The number of hydrogen-bond acceptors (Lipinski definition) is 3. The van der Waals surface area contributed by atoms with Crippen molar-refractivity contribution in [3.63, 3.8) is 0 Å². The molecule has 19 heavy (non-hydrogen) atoms. The first kappa shape index (κ1) is 13.7. The van der Waals surface area contributed by atoms with Gasteiger partial charge in [0.15, 0.2) is 0 Å². The number of benzene rings is 1. The van der Waals surface area contributed by atoms with Crippen LogP contribution in [0.15, 0.2) is 36.5 Å². The molecule has 0 radical (unpaired) electrons. The van der Waals surface area contributed by atoms with Crippen molar-refractivity contribution in [1.82, 2.24) is 10.4 Å². The van der Waals surface area contributed by atoms with Crippen LogP contribution in [0.5, 0.6) is 0 Å². The first-order valence-corrected chi connectivity index (χ1v) is 6.55. The third kappa shape index (κ3) is 3.40. The number of aromatic nitrogens is 1. The first-order chi connectivity index (χ1) is 9.10. The van der Waals surface area contributed by atoms with E-state index in [-0.39, 0.29) is 6.04 Å². The highest BCUT2D eigenvalue weighted by Crippen LogP contribution is 2.20. The number of aryl methyl sites for hydroxylation is 3. The van der Waals surface area contributed by atoms with Gasteiger partial charge in [-0.25, -0.2) is 0 Å². The van der Waals surface area contributed by atoms with Crippen LogP contribution in [0.25, 0.3) is 0 Å². The predicted molar refractivity (Wildman–Crippen MR) is 78.7 cm³/mol. The molecule has 1 heterocycles. The fourth-order valence-electron chi connectivity index (χ4n) is 2.52. The molecule has 0 saturated heterocycles. The second kappa shape index (κ2) is 5.95. The van der Waals surface area contributed by atoms with Gasteiger partial charge in [0, 0.05) is 6.20 Å². The smallest absolute Gasteiger partial charge is 0.0675 e. The third-order valence-electron chi connectivity index (χ3n) is 3.30. The zero-order chi connectivity index (χ0) is 13.8. The Bertz CT molecular complexity index is 543. The maximum atomic E-state index is 5.71. The van der Waals surface area contributed by atoms with Crippen molar-refractivity contribution in [3.05, 3.63) is 64.5 Å². The Morgan fingerprint density at radius 1 is 1.16 bits per heavy atom. The van der Waals surface area contributed by atoms with Gasteiger partial charge in [-0.05, 0) is 44.4 Å². The van der Waals surface area contributed by atoms with Crippen molar-refractivity contribution >= 4 is 0 Å². The van der Waals surface area contributed by atoms with E-state index in [0.717, 1.165) is 17.7 Å². The summed E-state index contributed by atoms with van der Waals surface area (Å²) in [5.41, 5.74) is 8.91. The number of hydrazine groups is 1. The second-order valence-electron chi connectivity index (χ2n) is 5.12. The highest BCUT2D eigenvalue weighted by molar-refractivity contribution is 5.31. The molecule has 0 aliphatic heterocycles. The minimum atomic E-state index is 0.0439. The zero-order valence-corrected chi connectivity index (χ0v) is 11.8. The van der Waals surface area contributed by atoms with E-state index >= 15 is 0 Å². The van der Waals surface area contributed by atoms with Crippen LogP contribution in [-0.2, 0) is 6.42 Å². The van der Waals surface area contributed by atoms with Gasteiger partial charge in [0.05, 0.1) is 11.7 Å². The molecule has 1 atom stereocenters. The van der Waals surface area contributed by atoms with Crippen LogP contribution in [0.3, 0.4) is 0 Å². The molecule has 0 bridgehead atoms. The fraction of sp³-hybridized carbons (Fsp3) is 0.312. The Labute approximate surface area is 114 Å². The predicted octanol–water partition coefficient (Wildman–Crippen LogP) is 2.75. The normalized spacial score (nSPS) is 12.4. The molecule has 0 fully saturated rings. The monoisotopic (exact) mass is 255 g/mol. The molecule has 0 aliphatic rings. The fourth-order valence-corrected chi connectivity index (χ4v) is 2.52. The molecule has 3 nitrogen and oxygen atoms in total. The summed E-state index contributed by atoms with van der Waals surface area (Å²) in [4.78, 5) is 4.45. The van der Waals surface area contributed by atoms with Gasteiger partial charge in [-0.15, -0.1) is 0 Å². The second-order valence-corrected chi connectivity index (χ2v) is 5.12. The summed E-state index contributed by atoms with van der Waals surface area (Å²) in [6, 6.07) is 10.6. The number of nitrogens with two attached hydrogens (primary N) is 1. The summed E-state index contributed by atoms with van der Waals surface area (Å²) in [5, 5.41) is 0. The van der Waals surface area contributed by atoms with Crippen molar-refractivity contribution in [2.75, 3.05) is 0 Å². The molecule has 1 unspecified atom stereocenters. The minimum absolute atomic E-state index is 0.0439. The number of hydrogen-bond donors (Lipinski definition) is 2. The van der Waals surface area contributed by atoms with Crippen LogP contribution in [0.2, 0.25) is 0 Å². The lowest BCUT2D eigenvalue weighted by Crippen LogP contribution is -2.30. The van der Waals surface area contributed by atoms with Gasteiger partial charge in [-0.3, -0.25) is 16.3 Å². The van der Waals surface area contributed by atoms with Crippen LogP contribution < -0.4 is 11.3 Å². The topological polar surface area (TPSA) is 50.9 Å². The molecular formula is C16H21N3. The standard InChI is InChI=1S/C16H21N3/c1-11-7-12(2)9-14(8-11)10-15(19-17)16-13(3)5-4-6-18-16/h4-9,15,19H,10,17H2,1-3H3. The highest BCUT2D eigenvalue weighted by Gasteiger charge is 2.14. The number of nitrogens with one attached hydrogen (secondary N) is 1. The molecule has 1 aromatic heterocycles. The maximum absolute atomic E-state index is 5.71. The Morgan fingerprint density at radius 3 is 2.42 bits per heavy atom. The van der Waals surface area contributed by atoms with E-state index in [0.29, 0.717) is 0 Å². The van der Waals surface area contributed by atoms with Crippen LogP contribution in [0.1, 0.15) is 34.0 Å². The summed E-state index contributed by atoms with van der Waals surface area (Å²) in [5.74, 6) is 5.71. The van der Waals surface area contributed by atoms with Gasteiger partial charge in [-0.1, -0.05) is 35.4 Å². The number of nitrogens with zero attached hydrogens (tertiary/aromatic N) is 1. The van der Waals surface area contributed by atoms with Crippen molar-refractivity contribution < 1.29 is 0 Å². The van der Waals surface area contributed by atoms with Gasteiger partial charge >= 0.3 is 0 Å². The molecule has 0 amide bonds. The Morgan fingerprint density at radius 2 is 1.84 bits per heavy atom. The summed E-state index contributed by atoms with van der Waals surface area (Å²) >= 11 is 0. The SMILES string of the molecule is Cc1cc(C)cc(CC(NN)c2ncccc2C)c1. The number of pyridine rings is 1. The van der Waals surface area contributed by atoms with E-state index < -0.39 is 0 Å². The van der Waals surface area contributed by atoms with Gasteiger partial charge in [0.2, 0.25) is 0 Å². The molecule has 0 saturated carbocycles. The van der Waals surface area contributed by atoms with E-state index in [1.165, 1.54) is 16.7 Å². The largest absolute Gasteiger partial charge is 0.271 e. The minimum Gasteiger partial charge on any atom is -0.271 e. The molecule has 3 heteroatoms. The molecule has 100 valence electrons. The lowest BCUT2D eigenvalue weighted by molar-refractivity contribution is 0.535. The van der Waals surface area contributed by atoms with E-state index in [1.807, 2.05) is 12.3 Å².